The fraction of sp³-hybridized carbons (Fsp3) is 0.0137. The van der Waals surface area contributed by atoms with Crippen molar-refractivity contribution < 1.29 is 4.42 Å². The summed E-state index contributed by atoms with van der Waals surface area (Å²) < 4.78 is 8.98. The van der Waals surface area contributed by atoms with Crippen molar-refractivity contribution in [3.63, 3.8) is 0 Å². The van der Waals surface area contributed by atoms with Gasteiger partial charge in [0.2, 0.25) is 0 Å². The number of rotatable bonds is 9. The average molecular weight is 969 g/mol. The molecule has 1 aliphatic carbocycles. The van der Waals surface area contributed by atoms with Gasteiger partial charge in [0.15, 0.2) is 0 Å². The van der Waals surface area contributed by atoms with Gasteiger partial charge < -0.3 is 13.9 Å². The van der Waals surface area contributed by atoms with Crippen molar-refractivity contribution in [2.45, 2.75) is 5.41 Å². The van der Waals surface area contributed by atoms with Crippen molar-refractivity contribution in [3.05, 3.63) is 313 Å². The molecule has 2 aromatic heterocycles. The van der Waals surface area contributed by atoms with E-state index in [9.17, 15) is 0 Å². The fourth-order valence-electron chi connectivity index (χ4n) is 12.5. The van der Waals surface area contributed by atoms with Crippen LogP contribution in [-0.2, 0) is 5.41 Å². The van der Waals surface area contributed by atoms with Gasteiger partial charge in [-0.05, 0) is 134 Å². The third-order valence-electron chi connectivity index (χ3n) is 15.9. The molecule has 0 unspecified atom stereocenters. The number of para-hydroxylation sites is 3. The van der Waals surface area contributed by atoms with Crippen molar-refractivity contribution in [2.24, 2.45) is 0 Å². The maximum absolute atomic E-state index is 6.59. The molecule has 14 aromatic rings. The lowest BCUT2D eigenvalue weighted by Gasteiger charge is -2.35. The molecule has 0 spiro atoms. The number of hydrogen-bond acceptors (Lipinski definition) is 2. The molecule has 0 fully saturated rings. The summed E-state index contributed by atoms with van der Waals surface area (Å²) in [5, 5.41) is 4.70. The summed E-state index contributed by atoms with van der Waals surface area (Å²) in [5.41, 5.74) is 22.4. The van der Waals surface area contributed by atoms with E-state index >= 15 is 0 Å². The highest BCUT2D eigenvalue weighted by molar-refractivity contribution is 6.16. The molecule has 0 amide bonds. The molecule has 3 nitrogen and oxygen atoms in total. The van der Waals surface area contributed by atoms with Gasteiger partial charge in [-0.1, -0.05) is 218 Å². The lowest BCUT2D eigenvalue weighted by atomic mass is 9.67. The van der Waals surface area contributed by atoms with Crippen molar-refractivity contribution >= 4 is 60.8 Å². The van der Waals surface area contributed by atoms with Gasteiger partial charge in [0, 0.05) is 49.9 Å². The van der Waals surface area contributed by atoms with E-state index in [1.54, 1.807) is 0 Å². The molecule has 0 saturated carbocycles. The van der Waals surface area contributed by atoms with E-state index in [4.69, 9.17) is 4.42 Å². The maximum atomic E-state index is 6.59. The van der Waals surface area contributed by atoms with E-state index in [1.807, 2.05) is 0 Å². The molecule has 356 valence electrons. The van der Waals surface area contributed by atoms with Crippen LogP contribution in [0.15, 0.2) is 296 Å². The molecule has 15 rings (SSSR count). The van der Waals surface area contributed by atoms with Crippen LogP contribution in [0.2, 0.25) is 0 Å². The second-order valence-corrected chi connectivity index (χ2v) is 19.9. The Balaban J connectivity index is 0.888. The molecule has 0 aliphatic heterocycles. The first-order valence-corrected chi connectivity index (χ1v) is 26.2. The molecule has 0 atom stereocenters. The minimum absolute atomic E-state index is 0.542. The SMILES string of the molecule is c1ccc(-c2cccc3c2oc2ccc(-c4ccc(N(c5ccc(-c6cccc7c6c6ccccc6n7-c6ccccc6)cc5)c5ccc6c(c5)C(c5ccccc5)(c5ccccc5)c5ccccc5-6)cc4)cc23)cc1. The van der Waals surface area contributed by atoms with E-state index in [0.29, 0.717) is 0 Å². The molecule has 0 saturated heterocycles. The highest BCUT2D eigenvalue weighted by Gasteiger charge is 2.46. The highest BCUT2D eigenvalue weighted by atomic mass is 16.3. The van der Waals surface area contributed by atoms with Crippen LogP contribution >= 0.6 is 0 Å². The van der Waals surface area contributed by atoms with Gasteiger partial charge in [-0.3, -0.25) is 0 Å². The number of aromatic nitrogens is 1. The number of benzene rings is 12. The number of anilines is 3. The van der Waals surface area contributed by atoms with E-state index in [1.165, 1.54) is 60.8 Å². The predicted octanol–water partition coefficient (Wildman–Crippen LogP) is 19.5. The minimum atomic E-state index is -0.542. The number of nitrogens with zero attached hydrogens (tertiary/aromatic N) is 2. The van der Waals surface area contributed by atoms with Crippen molar-refractivity contribution in [2.75, 3.05) is 4.90 Å². The van der Waals surface area contributed by atoms with Crippen LogP contribution in [0.3, 0.4) is 0 Å². The van der Waals surface area contributed by atoms with Crippen LogP contribution in [0.1, 0.15) is 22.3 Å². The summed E-state index contributed by atoms with van der Waals surface area (Å²) in [5.74, 6) is 0. The lowest BCUT2D eigenvalue weighted by molar-refractivity contribution is 0.670. The quantitative estimate of drug-likeness (QED) is 0.144. The molecular formula is C73H48N2O. The van der Waals surface area contributed by atoms with Crippen LogP contribution in [0.5, 0.6) is 0 Å². The van der Waals surface area contributed by atoms with Crippen molar-refractivity contribution in [1.82, 2.24) is 4.57 Å². The van der Waals surface area contributed by atoms with Gasteiger partial charge in [-0.2, -0.15) is 0 Å². The molecule has 12 aromatic carbocycles. The Hall–Kier alpha value is -9.96. The first kappa shape index (κ1) is 43.6. The zero-order valence-corrected chi connectivity index (χ0v) is 41.5. The largest absolute Gasteiger partial charge is 0.455 e. The first-order valence-electron chi connectivity index (χ1n) is 26.2. The summed E-state index contributed by atoms with van der Waals surface area (Å²) in [6.45, 7) is 0. The zero-order valence-electron chi connectivity index (χ0n) is 41.5. The molecule has 3 heteroatoms. The number of hydrogen-bond donors (Lipinski definition) is 0. The standard InChI is InChI=1S/C73H48N2O/c1-5-19-50(20-6-1)60-30-17-31-63-65-47-52(39-46-70(65)76-72(60)63)49-35-40-56(41-36-49)74(57-42-37-51(38-43-57)59-29-18-34-69-71(59)64-28-14-16-33-68(64)75(69)55-25-11-4-12-26-55)58-44-45-62-61-27-13-15-32-66(61)73(67(62)48-58,53-21-7-2-8-22-53)54-23-9-3-10-24-54/h1-48H. The molecule has 0 bridgehead atoms. The van der Waals surface area contributed by atoms with Gasteiger partial charge >= 0.3 is 0 Å². The Labute approximate surface area is 441 Å². The molecule has 76 heavy (non-hydrogen) atoms. The van der Waals surface area contributed by atoms with Gasteiger partial charge in [0.1, 0.15) is 11.2 Å². The second kappa shape index (κ2) is 17.6. The number of furan rings is 1. The minimum Gasteiger partial charge on any atom is -0.455 e. The Morgan fingerprint density at radius 3 is 1.58 bits per heavy atom. The number of fused-ring (bicyclic) bond motifs is 9. The summed E-state index contributed by atoms with van der Waals surface area (Å²) in [4.78, 5) is 2.43. The third-order valence-corrected chi connectivity index (χ3v) is 15.9. The van der Waals surface area contributed by atoms with Crippen LogP contribution in [0, 0.1) is 0 Å². The third kappa shape index (κ3) is 6.76. The summed E-state index contributed by atoms with van der Waals surface area (Å²) in [7, 11) is 0. The van der Waals surface area contributed by atoms with Gasteiger partial charge in [-0.15, -0.1) is 0 Å². The van der Waals surface area contributed by atoms with Crippen LogP contribution < -0.4 is 4.90 Å². The Kier molecular flexibility index (Phi) is 10.1. The first-order chi connectivity index (χ1) is 37.7. The predicted molar refractivity (Wildman–Crippen MR) is 316 cm³/mol. The summed E-state index contributed by atoms with van der Waals surface area (Å²) in [6.07, 6.45) is 0. The molecule has 0 N–H and O–H groups in total. The van der Waals surface area contributed by atoms with E-state index in [0.717, 1.165) is 72.5 Å². The van der Waals surface area contributed by atoms with E-state index < -0.39 is 5.41 Å². The summed E-state index contributed by atoms with van der Waals surface area (Å²) in [6, 6.07) is 106. The average Bonchev–Trinajstić information content (AvgIpc) is 4.22. The second-order valence-electron chi connectivity index (χ2n) is 19.9. The lowest BCUT2D eigenvalue weighted by Crippen LogP contribution is -2.28. The zero-order chi connectivity index (χ0) is 50.2. The monoisotopic (exact) mass is 968 g/mol. The normalized spacial score (nSPS) is 12.6. The Morgan fingerprint density at radius 2 is 0.842 bits per heavy atom. The molecule has 2 heterocycles. The van der Waals surface area contributed by atoms with Crippen molar-refractivity contribution in [1.29, 1.82) is 0 Å². The maximum Gasteiger partial charge on any atom is 0.143 e. The summed E-state index contributed by atoms with van der Waals surface area (Å²) >= 11 is 0. The van der Waals surface area contributed by atoms with Gasteiger partial charge in [0.05, 0.1) is 16.4 Å². The Morgan fingerprint density at radius 1 is 0.316 bits per heavy atom. The van der Waals surface area contributed by atoms with Crippen molar-refractivity contribution in [3.8, 4) is 50.2 Å². The highest BCUT2D eigenvalue weighted by Crippen LogP contribution is 2.57. The van der Waals surface area contributed by atoms with E-state index in [2.05, 4.69) is 301 Å². The van der Waals surface area contributed by atoms with Gasteiger partial charge in [0.25, 0.3) is 0 Å². The van der Waals surface area contributed by atoms with Crippen LogP contribution in [0.4, 0.5) is 17.1 Å². The smallest absolute Gasteiger partial charge is 0.143 e. The fourth-order valence-corrected chi connectivity index (χ4v) is 12.5. The Bertz CT molecular complexity index is 4440. The molecule has 0 radical (unpaired) electrons. The molecular weight excluding hydrogens is 921 g/mol. The van der Waals surface area contributed by atoms with Crippen LogP contribution in [0.25, 0.3) is 93.9 Å². The van der Waals surface area contributed by atoms with Gasteiger partial charge in [-0.25, -0.2) is 0 Å². The topological polar surface area (TPSA) is 21.3 Å². The van der Waals surface area contributed by atoms with E-state index in [-0.39, 0.29) is 0 Å². The molecule has 1 aliphatic rings. The van der Waals surface area contributed by atoms with Crippen LogP contribution in [-0.4, -0.2) is 4.57 Å².